The quantitative estimate of drug-likeness (QED) is 0.324. The van der Waals surface area contributed by atoms with Crippen LogP contribution in [0.5, 0.6) is 11.5 Å². The fourth-order valence-electron chi connectivity index (χ4n) is 5.40. The number of halogens is 2. The molecule has 2 aliphatic carbocycles. The molecule has 0 saturated heterocycles. The number of carbonyl (C=O) groups is 1. The minimum Gasteiger partial charge on any atom is -0.454 e. The van der Waals surface area contributed by atoms with Crippen molar-refractivity contribution in [2.24, 2.45) is 11.8 Å². The molecule has 2 saturated carbocycles. The Kier molecular flexibility index (Phi) is 6.68. The molecule has 1 aliphatic heterocycles. The van der Waals surface area contributed by atoms with Crippen LogP contribution in [0.25, 0.3) is 0 Å². The van der Waals surface area contributed by atoms with E-state index in [1.165, 1.54) is 30.0 Å². The van der Waals surface area contributed by atoms with Gasteiger partial charge in [-0.15, -0.1) is 0 Å². The van der Waals surface area contributed by atoms with Crippen molar-refractivity contribution in [3.63, 3.8) is 0 Å². The summed E-state index contributed by atoms with van der Waals surface area (Å²) in [5.74, 6) is 0.192. The van der Waals surface area contributed by atoms with Crippen LogP contribution in [0.3, 0.4) is 0 Å². The zero-order valence-electron chi connectivity index (χ0n) is 20.9. The van der Waals surface area contributed by atoms with Crippen LogP contribution in [-0.4, -0.2) is 30.4 Å². The van der Waals surface area contributed by atoms with Crippen LogP contribution in [0.1, 0.15) is 58.8 Å². The minimum atomic E-state index is -0.776. The molecule has 37 heavy (non-hydrogen) atoms. The molecule has 0 spiro atoms. The zero-order chi connectivity index (χ0) is 25.4. The van der Waals surface area contributed by atoms with Gasteiger partial charge in [-0.2, -0.15) is 0 Å². The average Bonchev–Trinajstić information content (AvgIpc) is 3.82. The average molecular weight is 503 g/mol. The van der Waals surface area contributed by atoms with Gasteiger partial charge >= 0.3 is 0 Å². The Morgan fingerprint density at radius 3 is 2.65 bits per heavy atom. The molecule has 1 amide bonds. The maximum Gasteiger partial charge on any atom is 0.254 e. The third-order valence-electron chi connectivity index (χ3n) is 7.73. The largest absolute Gasteiger partial charge is 0.454 e. The van der Waals surface area contributed by atoms with Gasteiger partial charge in [-0.1, -0.05) is 30.3 Å². The topological polar surface area (TPSA) is 41.6 Å². The molecule has 3 aliphatic rings. The molecule has 192 valence electrons. The Hall–Kier alpha value is -3.25. The summed E-state index contributed by atoms with van der Waals surface area (Å²) in [4.78, 5) is 15.8. The molecular formula is C31H32F2N2O2. The van der Waals surface area contributed by atoms with Gasteiger partial charge in [0.25, 0.3) is 5.91 Å². The van der Waals surface area contributed by atoms with Crippen LogP contribution < -0.4 is 10.1 Å². The summed E-state index contributed by atoms with van der Waals surface area (Å²) in [5, 5.41) is 3.57. The van der Waals surface area contributed by atoms with Gasteiger partial charge < -0.3 is 15.0 Å². The summed E-state index contributed by atoms with van der Waals surface area (Å²) in [5.41, 5.74) is 4.07. The summed E-state index contributed by atoms with van der Waals surface area (Å²) in [7, 11) is 0. The molecule has 1 unspecified atom stereocenters. The predicted octanol–water partition coefficient (Wildman–Crippen LogP) is 6.45. The van der Waals surface area contributed by atoms with E-state index in [0.29, 0.717) is 23.8 Å². The first-order valence-electron chi connectivity index (χ1n) is 13.4. The first kappa shape index (κ1) is 24.1. The van der Waals surface area contributed by atoms with E-state index >= 15 is 0 Å². The Bertz CT molecular complexity index is 1300. The van der Waals surface area contributed by atoms with Crippen molar-refractivity contribution in [2.45, 2.75) is 44.6 Å². The van der Waals surface area contributed by atoms with Crippen LogP contribution in [0, 0.1) is 23.5 Å². The number of ether oxygens (including phenoxy) is 1. The zero-order valence-corrected chi connectivity index (χ0v) is 20.9. The van der Waals surface area contributed by atoms with Gasteiger partial charge in [0, 0.05) is 18.2 Å². The number of nitrogens with one attached hydrogen (secondary N) is 1. The summed E-state index contributed by atoms with van der Waals surface area (Å²) >= 11 is 0. The Balaban J connectivity index is 1.20. The molecule has 1 N–H and O–H groups in total. The van der Waals surface area contributed by atoms with Crippen LogP contribution in [0.4, 0.5) is 8.78 Å². The lowest BCUT2D eigenvalue weighted by molar-refractivity contribution is 0.0632. The fraction of sp³-hybridized carbons (Fsp3) is 0.387. The minimum absolute atomic E-state index is 0.0142. The van der Waals surface area contributed by atoms with E-state index in [-0.39, 0.29) is 17.7 Å². The molecular weight excluding hydrogens is 470 g/mol. The molecule has 3 aromatic carbocycles. The van der Waals surface area contributed by atoms with E-state index in [4.69, 9.17) is 4.74 Å². The highest BCUT2D eigenvalue weighted by molar-refractivity contribution is 5.97. The van der Waals surface area contributed by atoms with E-state index in [2.05, 4.69) is 29.6 Å². The first-order chi connectivity index (χ1) is 18.0. The summed E-state index contributed by atoms with van der Waals surface area (Å²) in [6.07, 6.45) is 6.71. The second kappa shape index (κ2) is 10.3. The standard InChI is InChI=1S/C31H32F2N2O2/c32-25-9-11-29(28(33)17-25)37-26-10-8-22-13-15-35(31(36)27(22)18-26)30(23-6-7-23)24-3-1-2-20(16-24)12-14-34-19-21-4-5-21/h1-3,8-11,16-18,21,23,30,34H,4-7,12-15,19H2. The molecule has 1 atom stereocenters. The Labute approximate surface area is 216 Å². The van der Waals surface area contributed by atoms with Gasteiger partial charge in [-0.3, -0.25) is 4.79 Å². The van der Waals surface area contributed by atoms with Crippen molar-refractivity contribution in [3.8, 4) is 11.5 Å². The number of fused-ring (bicyclic) bond motifs is 1. The molecule has 0 bridgehead atoms. The van der Waals surface area contributed by atoms with Crippen molar-refractivity contribution in [1.82, 2.24) is 10.2 Å². The van der Waals surface area contributed by atoms with Crippen molar-refractivity contribution < 1.29 is 18.3 Å². The highest BCUT2D eigenvalue weighted by Gasteiger charge is 2.40. The normalized spacial score (nSPS) is 18.0. The maximum absolute atomic E-state index is 14.1. The van der Waals surface area contributed by atoms with Gasteiger partial charge in [0.15, 0.2) is 11.6 Å². The molecule has 6 heteroatoms. The Morgan fingerprint density at radius 2 is 1.86 bits per heavy atom. The number of carbonyl (C=O) groups excluding carboxylic acids is 1. The molecule has 6 rings (SSSR count). The van der Waals surface area contributed by atoms with Crippen LogP contribution >= 0.6 is 0 Å². The van der Waals surface area contributed by atoms with E-state index in [9.17, 15) is 13.6 Å². The summed E-state index contributed by atoms with van der Waals surface area (Å²) in [6, 6.07) is 17.3. The molecule has 4 nitrogen and oxygen atoms in total. The first-order valence-corrected chi connectivity index (χ1v) is 13.4. The summed E-state index contributed by atoms with van der Waals surface area (Å²) in [6.45, 7) is 2.76. The van der Waals surface area contributed by atoms with E-state index in [1.807, 2.05) is 11.0 Å². The predicted molar refractivity (Wildman–Crippen MR) is 139 cm³/mol. The Morgan fingerprint density at radius 1 is 1.00 bits per heavy atom. The number of hydrogen-bond donors (Lipinski definition) is 1. The van der Waals surface area contributed by atoms with Crippen molar-refractivity contribution in [3.05, 3.63) is 94.6 Å². The SMILES string of the molecule is O=C1c2cc(Oc3ccc(F)cc3F)ccc2CCN1C(c1cccc(CCNCC2CC2)c1)C1CC1. The monoisotopic (exact) mass is 502 g/mol. The second-order valence-corrected chi connectivity index (χ2v) is 10.7. The lowest BCUT2D eigenvalue weighted by atomic mass is 9.92. The van der Waals surface area contributed by atoms with Crippen molar-refractivity contribution in [1.29, 1.82) is 0 Å². The number of amides is 1. The molecule has 1 heterocycles. The van der Waals surface area contributed by atoms with Crippen molar-refractivity contribution in [2.75, 3.05) is 19.6 Å². The van der Waals surface area contributed by atoms with E-state index < -0.39 is 11.6 Å². The molecule has 2 fully saturated rings. The van der Waals surface area contributed by atoms with Gasteiger partial charge in [0.2, 0.25) is 0 Å². The third kappa shape index (κ3) is 5.54. The van der Waals surface area contributed by atoms with Crippen LogP contribution in [0.15, 0.2) is 60.7 Å². The lowest BCUT2D eigenvalue weighted by Gasteiger charge is -2.36. The highest BCUT2D eigenvalue weighted by atomic mass is 19.1. The molecule has 0 aromatic heterocycles. The van der Waals surface area contributed by atoms with Gasteiger partial charge in [0.1, 0.15) is 11.6 Å². The molecule has 0 radical (unpaired) electrons. The lowest BCUT2D eigenvalue weighted by Crippen LogP contribution is -2.41. The van der Waals surface area contributed by atoms with E-state index in [0.717, 1.165) is 62.4 Å². The van der Waals surface area contributed by atoms with Crippen molar-refractivity contribution >= 4 is 5.91 Å². The number of rotatable bonds is 10. The van der Waals surface area contributed by atoms with Gasteiger partial charge in [0.05, 0.1) is 6.04 Å². The smallest absolute Gasteiger partial charge is 0.254 e. The van der Waals surface area contributed by atoms with E-state index in [1.54, 1.807) is 12.1 Å². The fourth-order valence-corrected chi connectivity index (χ4v) is 5.40. The number of hydrogen-bond acceptors (Lipinski definition) is 3. The van der Waals surface area contributed by atoms with Crippen LogP contribution in [0.2, 0.25) is 0 Å². The number of nitrogens with zero attached hydrogens (tertiary/aromatic N) is 1. The third-order valence-corrected chi connectivity index (χ3v) is 7.73. The number of benzene rings is 3. The highest BCUT2D eigenvalue weighted by Crippen LogP contribution is 2.46. The molecule has 3 aromatic rings. The second-order valence-electron chi connectivity index (χ2n) is 10.7. The van der Waals surface area contributed by atoms with Crippen LogP contribution in [-0.2, 0) is 12.8 Å². The maximum atomic E-state index is 14.1. The van der Waals surface area contributed by atoms with Gasteiger partial charge in [-0.25, -0.2) is 8.78 Å². The van der Waals surface area contributed by atoms with Gasteiger partial charge in [-0.05, 0) is 104 Å². The summed E-state index contributed by atoms with van der Waals surface area (Å²) < 4.78 is 33.1.